The van der Waals surface area contributed by atoms with E-state index in [1.165, 1.54) is 11.3 Å². The maximum atomic E-state index is 12.3. The Morgan fingerprint density at radius 3 is 2.84 bits per heavy atom. The van der Waals surface area contributed by atoms with E-state index in [0.717, 1.165) is 4.88 Å². The van der Waals surface area contributed by atoms with E-state index in [-0.39, 0.29) is 12.5 Å². The molecule has 1 aromatic heterocycles. The van der Waals surface area contributed by atoms with Crippen LogP contribution in [0.3, 0.4) is 0 Å². The van der Waals surface area contributed by atoms with Gasteiger partial charge in [0.1, 0.15) is 6.61 Å². The van der Waals surface area contributed by atoms with E-state index in [1.807, 2.05) is 6.92 Å². The van der Waals surface area contributed by atoms with Crippen molar-refractivity contribution in [1.29, 1.82) is 0 Å². The van der Waals surface area contributed by atoms with Gasteiger partial charge in [0.2, 0.25) is 0 Å². The number of thiophene rings is 1. The summed E-state index contributed by atoms with van der Waals surface area (Å²) in [6.07, 6.45) is 1.22. The Morgan fingerprint density at radius 2 is 2.21 bits per heavy atom. The van der Waals surface area contributed by atoms with Gasteiger partial charge >= 0.3 is 0 Å². The zero-order chi connectivity index (χ0) is 13.9. The lowest BCUT2D eigenvalue weighted by Gasteiger charge is -2.35. The second-order valence-electron chi connectivity index (χ2n) is 4.95. The van der Waals surface area contributed by atoms with E-state index in [4.69, 9.17) is 5.11 Å². The van der Waals surface area contributed by atoms with Gasteiger partial charge in [-0.25, -0.2) is 0 Å². The molecule has 2 N–H and O–H groups in total. The number of nitrogens with zero attached hydrogens (tertiary/aromatic N) is 1. The third-order valence-corrected chi connectivity index (χ3v) is 4.11. The van der Waals surface area contributed by atoms with Crippen LogP contribution in [0.2, 0.25) is 0 Å². The number of hydrogen-bond acceptors (Lipinski definition) is 4. The van der Waals surface area contributed by atoms with Crippen molar-refractivity contribution in [2.24, 2.45) is 0 Å². The van der Waals surface area contributed by atoms with Crippen molar-refractivity contribution in [2.75, 3.05) is 19.7 Å². The van der Waals surface area contributed by atoms with Crippen molar-refractivity contribution in [3.8, 4) is 11.8 Å². The van der Waals surface area contributed by atoms with Crippen molar-refractivity contribution in [2.45, 2.75) is 25.4 Å². The van der Waals surface area contributed by atoms with Gasteiger partial charge < -0.3 is 15.1 Å². The standard InChI is InChI=1S/C14H17NO3S/c1-14(18)4-6-15(7-5-14)13(17)11-9-12(19-10-11)3-2-8-16/h9-10,16,18H,4-8H2,1H3. The molecule has 102 valence electrons. The van der Waals surface area contributed by atoms with Crippen LogP contribution in [-0.2, 0) is 0 Å². The molecule has 0 aliphatic carbocycles. The molecule has 1 amide bonds. The summed E-state index contributed by atoms with van der Waals surface area (Å²) in [4.78, 5) is 14.8. The molecular formula is C14H17NO3S. The lowest BCUT2D eigenvalue weighted by Crippen LogP contribution is -2.45. The first-order valence-electron chi connectivity index (χ1n) is 6.22. The summed E-state index contributed by atoms with van der Waals surface area (Å²) >= 11 is 1.40. The van der Waals surface area contributed by atoms with Gasteiger partial charge in [0, 0.05) is 18.5 Å². The summed E-state index contributed by atoms with van der Waals surface area (Å²) in [7, 11) is 0. The molecule has 4 nitrogen and oxygen atoms in total. The molecule has 2 heterocycles. The van der Waals surface area contributed by atoms with E-state index in [1.54, 1.807) is 16.3 Å². The Hall–Kier alpha value is -1.35. The highest BCUT2D eigenvalue weighted by molar-refractivity contribution is 7.10. The number of likely N-dealkylation sites (tertiary alicyclic amines) is 1. The Labute approximate surface area is 116 Å². The lowest BCUT2D eigenvalue weighted by atomic mass is 9.93. The second kappa shape index (κ2) is 5.74. The van der Waals surface area contributed by atoms with Crippen LogP contribution in [0.4, 0.5) is 0 Å². The summed E-state index contributed by atoms with van der Waals surface area (Å²) < 4.78 is 0. The fourth-order valence-electron chi connectivity index (χ4n) is 2.01. The third kappa shape index (κ3) is 3.57. The van der Waals surface area contributed by atoms with Crippen LogP contribution >= 0.6 is 11.3 Å². The minimum absolute atomic E-state index is 0.0104. The van der Waals surface area contributed by atoms with E-state index in [0.29, 0.717) is 31.5 Å². The van der Waals surface area contributed by atoms with Crippen LogP contribution in [0.15, 0.2) is 11.4 Å². The Bertz CT molecular complexity index is 514. The SMILES string of the molecule is CC1(O)CCN(C(=O)c2csc(C#CCO)c2)CC1. The first-order chi connectivity index (χ1) is 9.02. The minimum Gasteiger partial charge on any atom is -0.390 e. The number of amides is 1. The number of hydrogen-bond donors (Lipinski definition) is 2. The number of rotatable bonds is 1. The van der Waals surface area contributed by atoms with Crippen molar-refractivity contribution in [1.82, 2.24) is 4.90 Å². The normalized spacial score (nSPS) is 17.7. The minimum atomic E-state index is -0.650. The Morgan fingerprint density at radius 1 is 1.53 bits per heavy atom. The zero-order valence-electron chi connectivity index (χ0n) is 10.8. The van der Waals surface area contributed by atoms with Gasteiger partial charge in [0.05, 0.1) is 16.0 Å². The second-order valence-corrected chi connectivity index (χ2v) is 5.86. The quantitative estimate of drug-likeness (QED) is 0.756. The summed E-state index contributed by atoms with van der Waals surface area (Å²) in [6.45, 7) is 2.79. The largest absolute Gasteiger partial charge is 0.390 e. The maximum absolute atomic E-state index is 12.3. The van der Waals surface area contributed by atoms with Gasteiger partial charge in [-0.15, -0.1) is 11.3 Å². The lowest BCUT2D eigenvalue weighted by molar-refractivity contribution is -0.00201. The predicted octanol–water partition coefficient (Wildman–Crippen LogP) is 1.08. The molecule has 0 atom stereocenters. The van der Waals surface area contributed by atoms with Crippen LogP contribution in [0.1, 0.15) is 35.0 Å². The average Bonchev–Trinajstić information content (AvgIpc) is 2.84. The highest BCUT2D eigenvalue weighted by atomic mass is 32.1. The Kier molecular flexibility index (Phi) is 4.25. The topological polar surface area (TPSA) is 60.8 Å². The number of piperidine rings is 1. The number of carbonyl (C=O) groups is 1. The van der Waals surface area contributed by atoms with E-state index in [9.17, 15) is 9.90 Å². The van der Waals surface area contributed by atoms with Gasteiger partial charge in [0.15, 0.2) is 0 Å². The zero-order valence-corrected chi connectivity index (χ0v) is 11.7. The molecule has 0 saturated carbocycles. The molecule has 1 saturated heterocycles. The van der Waals surface area contributed by atoms with Crippen molar-refractivity contribution >= 4 is 17.2 Å². The Balaban J connectivity index is 2.02. The molecule has 19 heavy (non-hydrogen) atoms. The van der Waals surface area contributed by atoms with Gasteiger partial charge in [-0.2, -0.15) is 0 Å². The predicted molar refractivity (Wildman–Crippen MR) is 74.0 cm³/mol. The van der Waals surface area contributed by atoms with Crippen LogP contribution in [0, 0.1) is 11.8 Å². The number of carbonyl (C=O) groups excluding carboxylic acids is 1. The monoisotopic (exact) mass is 279 g/mol. The summed E-state index contributed by atoms with van der Waals surface area (Å²) in [5.41, 5.74) is -0.0165. The highest BCUT2D eigenvalue weighted by Gasteiger charge is 2.30. The molecule has 0 radical (unpaired) electrons. The van der Waals surface area contributed by atoms with Crippen LogP contribution in [-0.4, -0.2) is 46.3 Å². The molecule has 2 rings (SSSR count). The summed E-state index contributed by atoms with van der Waals surface area (Å²) in [5.74, 6) is 5.35. The molecule has 1 aliphatic heterocycles. The molecule has 0 spiro atoms. The van der Waals surface area contributed by atoms with Gasteiger partial charge in [0.25, 0.3) is 5.91 Å². The van der Waals surface area contributed by atoms with Crippen LogP contribution in [0.5, 0.6) is 0 Å². The molecule has 5 heteroatoms. The van der Waals surface area contributed by atoms with Crippen LogP contribution in [0.25, 0.3) is 0 Å². The fraction of sp³-hybridized carbons (Fsp3) is 0.500. The molecule has 0 bridgehead atoms. The fourth-order valence-corrected chi connectivity index (χ4v) is 2.76. The van der Waals surface area contributed by atoms with E-state index in [2.05, 4.69) is 11.8 Å². The molecule has 1 fully saturated rings. The molecule has 0 unspecified atom stereocenters. The van der Waals surface area contributed by atoms with Gasteiger partial charge in [-0.05, 0) is 25.8 Å². The van der Waals surface area contributed by atoms with Crippen molar-refractivity contribution < 1.29 is 15.0 Å². The maximum Gasteiger partial charge on any atom is 0.254 e. The number of aliphatic hydroxyl groups excluding tert-OH is 1. The first kappa shape index (κ1) is 14.1. The molecule has 1 aliphatic rings. The van der Waals surface area contributed by atoms with Gasteiger partial charge in [-0.1, -0.05) is 11.8 Å². The van der Waals surface area contributed by atoms with E-state index >= 15 is 0 Å². The summed E-state index contributed by atoms with van der Waals surface area (Å²) in [5, 5.41) is 20.3. The first-order valence-corrected chi connectivity index (χ1v) is 7.10. The molecular weight excluding hydrogens is 262 g/mol. The highest BCUT2D eigenvalue weighted by Crippen LogP contribution is 2.23. The summed E-state index contributed by atoms with van der Waals surface area (Å²) in [6, 6.07) is 1.75. The third-order valence-electron chi connectivity index (χ3n) is 3.26. The van der Waals surface area contributed by atoms with Gasteiger partial charge in [-0.3, -0.25) is 4.79 Å². The molecule has 1 aromatic rings. The smallest absolute Gasteiger partial charge is 0.254 e. The van der Waals surface area contributed by atoms with Crippen molar-refractivity contribution in [3.63, 3.8) is 0 Å². The molecule has 0 aromatic carbocycles. The average molecular weight is 279 g/mol. The van der Waals surface area contributed by atoms with Crippen LogP contribution < -0.4 is 0 Å². The van der Waals surface area contributed by atoms with E-state index < -0.39 is 5.60 Å². The number of aliphatic hydroxyl groups is 2. The van der Waals surface area contributed by atoms with Crippen molar-refractivity contribution in [3.05, 3.63) is 21.9 Å².